The molecule has 3 aromatic rings. The van der Waals surface area contributed by atoms with E-state index in [1.807, 2.05) is 24.3 Å². The Kier molecular flexibility index (Phi) is 3.98. The van der Waals surface area contributed by atoms with Crippen LogP contribution in [-0.2, 0) is 12.6 Å². The van der Waals surface area contributed by atoms with Crippen LogP contribution < -0.4 is 4.90 Å². The Bertz CT molecular complexity index is 1010. The number of carbonyl (C=O) groups excluding carboxylic acids is 1. The third kappa shape index (κ3) is 2.97. The number of amides is 1. The second-order valence-corrected chi connectivity index (χ2v) is 6.29. The van der Waals surface area contributed by atoms with Crippen LogP contribution in [-0.4, -0.2) is 27.2 Å². The minimum atomic E-state index is -4.45. The van der Waals surface area contributed by atoms with Crippen LogP contribution in [0, 0.1) is 6.92 Å². The lowest BCUT2D eigenvalue weighted by Gasteiger charge is -2.17. The summed E-state index contributed by atoms with van der Waals surface area (Å²) in [6.07, 6.45) is -1.48. The number of alkyl halides is 3. The van der Waals surface area contributed by atoms with E-state index in [0.717, 1.165) is 29.9 Å². The first-order valence-corrected chi connectivity index (χ1v) is 8.34. The van der Waals surface area contributed by atoms with Crippen molar-refractivity contribution in [3.63, 3.8) is 0 Å². The van der Waals surface area contributed by atoms with Gasteiger partial charge in [-0.15, -0.1) is 0 Å². The Morgan fingerprint density at radius 3 is 2.59 bits per heavy atom. The standard InChI is InChI=1S/C19H15F3N4O/c1-12-15(18(27)25-9-8-13-4-2-3-5-16(13)25)11-24-26(12)17-7-6-14(10-23-17)19(20,21)22/h2-7,10-11H,8-9H2,1H3. The van der Waals surface area contributed by atoms with Crippen LogP contribution in [0.5, 0.6) is 0 Å². The Labute approximate surface area is 153 Å². The van der Waals surface area contributed by atoms with Crippen molar-refractivity contribution < 1.29 is 18.0 Å². The number of anilines is 1. The lowest BCUT2D eigenvalue weighted by molar-refractivity contribution is -0.137. The predicted octanol–water partition coefficient (Wildman–Crippen LogP) is 3.80. The second-order valence-electron chi connectivity index (χ2n) is 6.29. The van der Waals surface area contributed by atoms with E-state index in [4.69, 9.17) is 0 Å². The molecule has 1 amide bonds. The molecule has 0 spiro atoms. The molecule has 8 heteroatoms. The van der Waals surface area contributed by atoms with Gasteiger partial charge in [0.1, 0.15) is 0 Å². The lowest BCUT2D eigenvalue weighted by atomic mass is 10.2. The SMILES string of the molecule is Cc1c(C(=O)N2CCc3ccccc32)cnn1-c1ccc(C(F)(F)F)cn1. The third-order valence-corrected chi connectivity index (χ3v) is 4.66. The van der Waals surface area contributed by atoms with Crippen LogP contribution in [0.2, 0.25) is 0 Å². The van der Waals surface area contributed by atoms with Gasteiger partial charge >= 0.3 is 6.18 Å². The fraction of sp³-hybridized carbons (Fsp3) is 0.211. The number of hydrogen-bond donors (Lipinski definition) is 0. The van der Waals surface area contributed by atoms with Crippen molar-refractivity contribution in [2.75, 3.05) is 11.4 Å². The third-order valence-electron chi connectivity index (χ3n) is 4.66. The summed E-state index contributed by atoms with van der Waals surface area (Å²) in [7, 11) is 0. The zero-order chi connectivity index (χ0) is 19.2. The molecule has 1 aliphatic rings. The molecule has 1 aromatic carbocycles. The van der Waals surface area contributed by atoms with Crippen molar-refractivity contribution in [1.29, 1.82) is 0 Å². The number of benzene rings is 1. The highest BCUT2D eigenvalue weighted by Crippen LogP contribution is 2.30. The van der Waals surface area contributed by atoms with E-state index in [-0.39, 0.29) is 11.7 Å². The van der Waals surface area contributed by atoms with Crippen molar-refractivity contribution in [3.8, 4) is 5.82 Å². The van der Waals surface area contributed by atoms with Gasteiger partial charge in [0.25, 0.3) is 5.91 Å². The molecule has 0 bridgehead atoms. The molecular weight excluding hydrogens is 357 g/mol. The molecule has 138 valence electrons. The van der Waals surface area contributed by atoms with Gasteiger partial charge in [-0.05, 0) is 37.1 Å². The summed E-state index contributed by atoms with van der Waals surface area (Å²) in [6, 6.07) is 9.89. The average molecular weight is 372 g/mol. The first kappa shape index (κ1) is 17.3. The smallest absolute Gasteiger partial charge is 0.308 e. The summed E-state index contributed by atoms with van der Waals surface area (Å²) in [5, 5.41) is 4.15. The van der Waals surface area contributed by atoms with Gasteiger partial charge in [-0.2, -0.15) is 18.3 Å². The summed E-state index contributed by atoms with van der Waals surface area (Å²) < 4.78 is 39.4. The predicted molar refractivity (Wildman–Crippen MR) is 92.9 cm³/mol. The van der Waals surface area contributed by atoms with Gasteiger partial charge in [-0.1, -0.05) is 18.2 Å². The van der Waals surface area contributed by atoms with Gasteiger partial charge in [-0.3, -0.25) is 4.79 Å². The molecule has 0 radical (unpaired) electrons. The van der Waals surface area contributed by atoms with E-state index in [1.54, 1.807) is 11.8 Å². The first-order chi connectivity index (χ1) is 12.9. The quantitative estimate of drug-likeness (QED) is 0.688. The first-order valence-electron chi connectivity index (χ1n) is 8.34. The van der Waals surface area contributed by atoms with Gasteiger partial charge in [-0.25, -0.2) is 9.67 Å². The van der Waals surface area contributed by atoms with Crippen molar-refractivity contribution in [2.45, 2.75) is 19.5 Å². The van der Waals surface area contributed by atoms with Gasteiger partial charge < -0.3 is 4.90 Å². The molecule has 0 N–H and O–H groups in total. The van der Waals surface area contributed by atoms with E-state index in [1.165, 1.54) is 16.9 Å². The Morgan fingerprint density at radius 1 is 1.11 bits per heavy atom. The molecule has 2 aromatic heterocycles. The molecule has 0 atom stereocenters. The lowest BCUT2D eigenvalue weighted by Crippen LogP contribution is -2.29. The number of rotatable bonds is 2. The second kappa shape index (κ2) is 6.22. The molecule has 1 aliphatic heterocycles. The van der Waals surface area contributed by atoms with Crippen LogP contribution in [0.1, 0.15) is 27.2 Å². The maximum Gasteiger partial charge on any atom is 0.417 e. The molecule has 0 fully saturated rings. The van der Waals surface area contributed by atoms with E-state index in [9.17, 15) is 18.0 Å². The average Bonchev–Trinajstić information content (AvgIpc) is 3.24. The number of aromatic nitrogens is 3. The van der Waals surface area contributed by atoms with Gasteiger partial charge in [0.05, 0.1) is 23.0 Å². The van der Waals surface area contributed by atoms with Crippen LogP contribution in [0.15, 0.2) is 48.8 Å². The normalized spacial score (nSPS) is 13.7. The number of hydrogen-bond acceptors (Lipinski definition) is 3. The maximum atomic E-state index is 13.0. The fourth-order valence-corrected chi connectivity index (χ4v) is 3.22. The van der Waals surface area contributed by atoms with Crippen LogP contribution >= 0.6 is 0 Å². The number of carbonyl (C=O) groups is 1. The molecule has 27 heavy (non-hydrogen) atoms. The zero-order valence-corrected chi connectivity index (χ0v) is 14.4. The molecule has 5 nitrogen and oxygen atoms in total. The van der Waals surface area contributed by atoms with Crippen LogP contribution in [0.3, 0.4) is 0 Å². The number of fused-ring (bicyclic) bond motifs is 1. The molecule has 0 saturated heterocycles. The van der Waals surface area contributed by atoms with Crippen molar-refractivity contribution in [3.05, 3.63) is 71.2 Å². The molecule has 0 unspecified atom stereocenters. The number of halogens is 3. The van der Waals surface area contributed by atoms with E-state index in [0.29, 0.717) is 17.8 Å². The number of pyridine rings is 1. The van der Waals surface area contributed by atoms with Gasteiger partial charge in [0, 0.05) is 18.4 Å². The summed E-state index contributed by atoms with van der Waals surface area (Å²) >= 11 is 0. The number of para-hydroxylation sites is 1. The highest BCUT2D eigenvalue weighted by atomic mass is 19.4. The summed E-state index contributed by atoms with van der Waals surface area (Å²) in [5.41, 5.74) is 2.08. The molecule has 0 aliphatic carbocycles. The van der Waals surface area contributed by atoms with Crippen molar-refractivity contribution in [2.24, 2.45) is 0 Å². The minimum absolute atomic E-state index is 0.185. The summed E-state index contributed by atoms with van der Waals surface area (Å²) in [4.78, 5) is 18.5. The van der Waals surface area contributed by atoms with Gasteiger partial charge in [0.15, 0.2) is 5.82 Å². The largest absolute Gasteiger partial charge is 0.417 e. The van der Waals surface area contributed by atoms with E-state index < -0.39 is 11.7 Å². The molecular formula is C19H15F3N4O. The van der Waals surface area contributed by atoms with Crippen molar-refractivity contribution in [1.82, 2.24) is 14.8 Å². The monoisotopic (exact) mass is 372 g/mol. The van der Waals surface area contributed by atoms with Gasteiger partial charge in [0.2, 0.25) is 0 Å². The topological polar surface area (TPSA) is 51.0 Å². The highest BCUT2D eigenvalue weighted by molar-refractivity contribution is 6.07. The van der Waals surface area contributed by atoms with E-state index in [2.05, 4.69) is 10.1 Å². The minimum Gasteiger partial charge on any atom is -0.308 e. The zero-order valence-electron chi connectivity index (χ0n) is 14.4. The number of nitrogens with zero attached hydrogens (tertiary/aromatic N) is 4. The van der Waals surface area contributed by atoms with Crippen molar-refractivity contribution >= 4 is 11.6 Å². The Hall–Kier alpha value is -3.16. The summed E-state index contributed by atoms with van der Waals surface area (Å²) in [6.45, 7) is 2.28. The fourth-order valence-electron chi connectivity index (χ4n) is 3.22. The Balaban J connectivity index is 1.64. The van der Waals surface area contributed by atoms with E-state index >= 15 is 0 Å². The molecule has 4 rings (SSSR count). The van der Waals surface area contributed by atoms with Crippen LogP contribution in [0.25, 0.3) is 5.82 Å². The molecule has 3 heterocycles. The maximum absolute atomic E-state index is 13.0. The van der Waals surface area contributed by atoms with Crippen LogP contribution in [0.4, 0.5) is 18.9 Å². The molecule has 0 saturated carbocycles. The highest BCUT2D eigenvalue weighted by Gasteiger charge is 2.31. The summed E-state index contributed by atoms with van der Waals surface area (Å²) in [5.74, 6) is 0.0389. The Morgan fingerprint density at radius 2 is 1.89 bits per heavy atom.